The molecule has 0 spiro atoms. The molecule has 0 bridgehead atoms. The molecule has 0 unspecified atom stereocenters. The van der Waals surface area contributed by atoms with E-state index in [1.807, 2.05) is 4.72 Å². The van der Waals surface area contributed by atoms with Gasteiger partial charge in [0.25, 0.3) is 11.6 Å². The number of rotatable bonds is 8. The van der Waals surface area contributed by atoms with Gasteiger partial charge in [-0.25, -0.2) is 8.42 Å². The molecule has 0 atom stereocenters. The van der Waals surface area contributed by atoms with E-state index in [0.29, 0.717) is 5.56 Å². The molecule has 10 nitrogen and oxygen atoms in total. The zero-order chi connectivity index (χ0) is 23.3. The van der Waals surface area contributed by atoms with E-state index in [-0.39, 0.29) is 26.3 Å². The molecule has 1 amide bonds. The van der Waals surface area contributed by atoms with E-state index in [4.69, 9.17) is 27.9 Å². The van der Waals surface area contributed by atoms with Crippen LogP contribution in [0, 0.1) is 24.0 Å². The highest BCUT2D eigenvalue weighted by molar-refractivity contribution is 7.89. The van der Waals surface area contributed by atoms with Crippen LogP contribution in [-0.2, 0) is 24.3 Å². The van der Waals surface area contributed by atoms with Crippen LogP contribution in [0.1, 0.15) is 11.1 Å². The van der Waals surface area contributed by atoms with Gasteiger partial charge in [-0.1, -0.05) is 29.3 Å². The van der Waals surface area contributed by atoms with Crippen molar-refractivity contribution in [2.75, 3.05) is 18.5 Å². The van der Waals surface area contributed by atoms with Gasteiger partial charge in [0.1, 0.15) is 12.2 Å². The average Bonchev–Trinajstić information content (AvgIpc) is 2.70. The minimum Gasteiger partial charge on any atom is -0.455 e. The Morgan fingerprint density at radius 2 is 1.81 bits per heavy atom. The summed E-state index contributed by atoms with van der Waals surface area (Å²) in [5.74, 6) is -1.85. The summed E-state index contributed by atoms with van der Waals surface area (Å²) in [6, 6.07) is 6.40. The summed E-state index contributed by atoms with van der Waals surface area (Å²) in [4.78, 5) is 34.2. The number of esters is 1. The van der Waals surface area contributed by atoms with Crippen molar-refractivity contribution >= 4 is 56.5 Å². The highest BCUT2D eigenvalue weighted by atomic mass is 35.5. The molecule has 31 heavy (non-hydrogen) atoms. The van der Waals surface area contributed by atoms with Crippen LogP contribution in [0.5, 0.6) is 0 Å². The summed E-state index contributed by atoms with van der Waals surface area (Å²) in [5.41, 5.74) is 0.890. The highest BCUT2D eigenvalue weighted by Gasteiger charge is 2.21. The number of hydrogen-bond acceptors (Lipinski definition) is 7. The summed E-state index contributed by atoms with van der Waals surface area (Å²) in [7, 11) is -4.08. The summed E-state index contributed by atoms with van der Waals surface area (Å²) in [6.45, 7) is 1.80. The number of amides is 1. The minimum absolute atomic E-state index is 0.00799. The molecular weight excluding hydrogens is 473 g/mol. The lowest BCUT2D eigenvalue weighted by atomic mass is 10.1. The second-order valence-electron chi connectivity index (χ2n) is 6.27. The molecule has 0 heterocycles. The molecule has 2 rings (SSSR count). The summed E-state index contributed by atoms with van der Waals surface area (Å²) < 4.78 is 31.1. The van der Waals surface area contributed by atoms with Gasteiger partial charge in [-0.15, -0.1) is 0 Å². The molecule has 0 aliphatic heterocycles. The Balaban J connectivity index is 1.95. The predicted molar refractivity (Wildman–Crippen MR) is 114 cm³/mol. The fraction of sp³-hybridized carbons (Fsp3) is 0.222. The number of sulfonamides is 1. The summed E-state index contributed by atoms with van der Waals surface area (Å²) in [5, 5.41) is 13.7. The lowest BCUT2D eigenvalue weighted by Gasteiger charge is -2.11. The number of anilines is 1. The third kappa shape index (κ3) is 6.37. The zero-order valence-corrected chi connectivity index (χ0v) is 18.6. The van der Waals surface area contributed by atoms with Gasteiger partial charge in [0.05, 0.1) is 19.9 Å². The van der Waals surface area contributed by atoms with Crippen molar-refractivity contribution in [3.05, 3.63) is 61.6 Å². The molecule has 0 aliphatic carbocycles. The number of nitro benzene ring substituents is 1. The molecule has 0 radical (unpaired) electrons. The van der Waals surface area contributed by atoms with E-state index in [0.717, 1.165) is 11.6 Å². The Labute approximate surface area is 187 Å². The monoisotopic (exact) mass is 489 g/mol. The van der Waals surface area contributed by atoms with Crippen LogP contribution < -0.4 is 10.0 Å². The predicted octanol–water partition coefficient (Wildman–Crippen LogP) is 2.98. The molecule has 0 aromatic heterocycles. The van der Waals surface area contributed by atoms with Crippen molar-refractivity contribution in [3.63, 3.8) is 0 Å². The first-order valence-corrected chi connectivity index (χ1v) is 10.8. The van der Waals surface area contributed by atoms with E-state index >= 15 is 0 Å². The largest absolute Gasteiger partial charge is 0.455 e. The van der Waals surface area contributed by atoms with E-state index in [1.165, 1.54) is 18.2 Å². The van der Waals surface area contributed by atoms with E-state index in [1.54, 1.807) is 19.9 Å². The number of benzene rings is 2. The molecule has 166 valence electrons. The lowest BCUT2D eigenvalue weighted by Crippen LogP contribution is -2.32. The summed E-state index contributed by atoms with van der Waals surface area (Å²) in [6.07, 6.45) is 0. The SMILES string of the molecule is Cc1ccc([N+](=O)[O-])c(NC(=O)COC(=O)CNS(=O)(=O)c2ccc(Cl)c(Cl)c2)c1C. The van der Waals surface area contributed by atoms with Gasteiger partial charge in [-0.2, -0.15) is 4.72 Å². The third-order valence-electron chi connectivity index (χ3n) is 4.15. The first-order valence-electron chi connectivity index (χ1n) is 8.57. The van der Waals surface area contributed by atoms with Crippen molar-refractivity contribution in [1.29, 1.82) is 0 Å². The zero-order valence-electron chi connectivity index (χ0n) is 16.3. The van der Waals surface area contributed by atoms with Crippen LogP contribution in [0.4, 0.5) is 11.4 Å². The van der Waals surface area contributed by atoms with Crippen molar-refractivity contribution in [2.24, 2.45) is 0 Å². The number of halogens is 2. The van der Waals surface area contributed by atoms with Gasteiger partial charge < -0.3 is 10.1 Å². The van der Waals surface area contributed by atoms with Gasteiger partial charge in [-0.05, 0) is 43.2 Å². The standard InChI is InChI=1S/C18H17Cl2N3O7S/c1-10-3-6-15(23(26)27)18(11(10)2)22-16(24)9-30-17(25)8-21-31(28,29)12-4-5-13(19)14(20)7-12/h3-7,21H,8-9H2,1-2H3,(H,22,24). The van der Waals surface area contributed by atoms with Gasteiger partial charge in [0.2, 0.25) is 10.0 Å². The molecule has 0 saturated carbocycles. The average molecular weight is 490 g/mol. The second kappa shape index (κ2) is 10.1. The van der Waals surface area contributed by atoms with Gasteiger partial charge in [0.15, 0.2) is 6.61 Å². The highest BCUT2D eigenvalue weighted by Crippen LogP contribution is 2.30. The maximum atomic E-state index is 12.2. The Bertz CT molecular complexity index is 1150. The smallest absolute Gasteiger partial charge is 0.321 e. The Morgan fingerprint density at radius 3 is 2.42 bits per heavy atom. The van der Waals surface area contributed by atoms with E-state index < -0.39 is 40.0 Å². The third-order valence-corrected chi connectivity index (χ3v) is 6.29. The number of carbonyl (C=O) groups excluding carboxylic acids is 2. The van der Waals surface area contributed by atoms with Crippen LogP contribution in [0.2, 0.25) is 10.0 Å². The van der Waals surface area contributed by atoms with Crippen LogP contribution in [0.15, 0.2) is 35.2 Å². The van der Waals surface area contributed by atoms with Crippen molar-refractivity contribution in [2.45, 2.75) is 18.7 Å². The van der Waals surface area contributed by atoms with Gasteiger partial charge in [-0.3, -0.25) is 19.7 Å². The van der Waals surface area contributed by atoms with Gasteiger partial charge >= 0.3 is 5.97 Å². The number of hydrogen-bond donors (Lipinski definition) is 2. The number of carbonyl (C=O) groups is 2. The number of nitrogens with one attached hydrogen (secondary N) is 2. The number of nitrogens with zero attached hydrogens (tertiary/aromatic N) is 1. The topological polar surface area (TPSA) is 145 Å². The fourth-order valence-corrected chi connectivity index (χ4v) is 3.72. The molecule has 2 aromatic rings. The number of nitro groups is 1. The van der Waals surface area contributed by atoms with E-state index in [9.17, 15) is 28.1 Å². The van der Waals surface area contributed by atoms with Crippen LogP contribution >= 0.6 is 23.2 Å². The normalized spacial score (nSPS) is 11.1. The van der Waals surface area contributed by atoms with Gasteiger partial charge in [0, 0.05) is 6.07 Å². The van der Waals surface area contributed by atoms with E-state index in [2.05, 4.69) is 5.32 Å². The first-order chi connectivity index (χ1) is 14.4. The maximum absolute atomic E-state index is 12.2. The van der Waals surface area contributed by atoms with Crippen molar-refractivity contribution < 1.29 is 27.7 Å². The summed E-state index contributed by atoms with van der Waals surface area (Å²) >= 11 is 11.5. The molecule has 2 N–H and O–H groups in total. The maximum Gasteiger partial charge on any atom is 0.321 e. The molecule has 0 saturated heterocycles. The molecule has 0 fully saturated rings. The fourth-order valence-electron chi connectivity index (χ4n) is 2.37. The number of ether oxygens (including phenoxy) is 1. The lowest BCUT2D eigenvalue weighted by molar-refractivity contribution is -0.384. The molecule has 0 aliphatic rings. The minimum atomic E-state index is -4.08. The molecule has 13 heteroatoms. The first kappa shape index (κ1) is 24.5. The number of aryl methyl sites for hydroxylation is 1. The van der Waals surface area contributed by atoms with Crippen molar-refractivity contribution in [1.82, 2.24) is 4.72 Å². The Kier molecular flexibility index (Phi) is 7.96. The van der Waals surface area contributed by atoms with Crippen LogP contribution in [-0.4, -0.2) is 38.4 Å². The molecule has 2 aromatic carbocycles. The Hall–Kier alpha value is -2.73. The Morgan fingerprint density at radius 1 is 1.13 bits per heavy atom. The van der Waals surface area contributed by atoms with Crippen molar-refractivity contribution in [3.8, 4) is 0 Å². The quantitative estimate of drug-likeness (QED) is 0.329. The second-order valence-corrected chi connectivity index (χ2v) is 8.85. The van der Waals surface area contributed by atoms with Crippen LogP contribution in [0.3, 0.4) is 0 Å². The molecular formula is C18H17Cl2N3O7S. The van der Waals surface area contributed by atoms with Crippen LogP contribution in [0.25, 0.3) is 0 Å².